The Balaban J connectivity index is 0.00000256. The third-order valence-corrected chi connectivity index (χ3v) is 4.77. The first-order valence-electron chi connectivity index (χ1n) is 9.27. The maximum atomic E-state index is 12.5. The van der Waals surface area contributed by atoms with Crippen LogP contribution >= 0.6 is 0 Å². The number of benzene rings is 1. The average molecular weight is 434 g/mol. The van der Waals surface area contributed by atoms with Crippen LogP contribution in [0.5, 0.6) is 0 Å². The minimum absolute atomic E-state index is 0. The van der Waals surface area contributed by atoms with Crippen molar-refractivity contribution >= 4 is 23.7 Å². The minimum atomic E-state index is -1.35. The first-order chi connectivity index (χ1) is 14.3. The van der Waals surface area contributed by atoms with Crippen LogP contribution in [0.1, 0.15) is 26.4 Å². The molecular weight excluding hydrogens is 411 g/mol. The van der Waals surface area contributed by atoms with E-state index in [1.54, 1.807) is 25.1 Å². The van der Waals surface area contributed by atoms with Crippen molar-refractivity contribution < 1.29 is 55.3 Å². The number of nitrogens with one attached hydrogen (secondary N) is 2. The van der Waals surface area contributed by atoms with Gasteiger partial charge in [0, 0.05) is 36.9 Å². The smallest absolute Gasteiger partial charge is 1.00 e. The number of aliphatic carboxylic acids is 1. The number of carboxylic acid groups (broad SMARTS) is 1. The summed E-state index contributed by atoms with van der Waals surface area (Å²) in [6.45, 7) is 1.55. The molecule has 0 saturated carbocycles. The summed E-state index contributed by atoms with van der Waals surface area (Å²) in [5.41, 5.74) is 1.72. The molecule has 2 aromatic rings. The summed E-state index contributed by atoms with van der Waals surface area (Å²) in [6, 6.07) is 7.80. The van der Waals surface area contributed by atoms with Crippen LogP contribution in [0.2, 0.25) is 0 Å². The van der Waals surface area contributed by atoms with Crippen molar-refractivity contribution in [1.29, 1.82) is 0 Å². The molecule has 9 nitrogen and oxygen atoms in total. The Morgan fingerprint density at radius 2 is 1.87 bits per heavy atom. The van der Waals surface area contributed by atoms with Crippen molar-refractivity contribution in [1.82, 2.24) is 20.1 Å². The van der Waals surface area contributed by atoms with Gasteiger partial charge in [0.05, 0.1) is 12.5 Å². The summed E-state index contributed by atoms with van der Waals surface area (Å²) in [5, 5.41) is 14.2. The van der Waals surface area contributed by atoms with Gasteiger partial charge in [0.25, 0.3) is 5.91 Å². The van der Waals surface area contributed by atoms with Crippen molar-refractivity contribution in [2.75, 3.05) is 7.05 Å². The molecule has 10 heteroatoms. The largest absolute Gasteiger partial charge is 1.00 e. The maximum absolute atomic E-state index is 12.5. The fourth-order valence-corrected chi connectivity index (χ4v) is 3.26. The van der Waals surface area contributed by atoms with E-state index in [9.17, 15) is 24.3 Å². The third kappa shape index (κ3) is 5.84. The molecule has 1 aromatic carbocycles. The number of rotatable bonds is 6. The molecule has 2 heterocycles. The normalized spacial score (nSPS) is 16.8. The van der Waals surface area contributed by atoms with Gasteiger partial charge >= 0.3 is 41.6 Å². The summed E-state index contributed by atoms with van der Waals surface area (Å²) in [5.74, 6) is -2.17. The monoisotopic (exact) mass is 434 g/mol. The van der Waals surface area contributed by atoms with E-state index in [1.807, 2.05) is 35.2 Å². The number of hydrogen-bond donors (Lipinski definition) is 3. The first-order valence-corrected chi connectivity index (χ1v) is 9.27. The van der Waals surface area contributed by atoms with Crippen LogP contribution in [0, 0.1) is 0 Å². The van der Waals surface area contributed by atoms with Gasteiger partial charge in [-0.2, -0.15) is 0 Å². The maximum Gasteiger partial charge on any atom is 1.00 e. The SMILES string of the molecule is CC1=CN(C)C(=O)C(NC(=O)NC(CC(=O)O)c2cccc(-n3cccc3)c2)C1=O.[H-].[Na+]. The van der Waals surface area contributed by atoms with E-state index in [1.165, 1.54) is 18.1 Å². The quantitative estimate of drug-likeness (QED) is 0.387. The van der Waals surface area contributed by atoms with E-state index in [0.29, 0.717) is 11.1 Å². The minimum Gasteiger partial charge on any atom is -1.00 e. The molecule has 158 valence electrons. The van der Waals surface area contributed by atoms with Crippen molar-refractivity contribution in [2.24, 2.45) is 0 Å². The Bertz CT molecular complexity index is 1020. The van der Waals surface area contributed by atoms with Crippen LogP contribution < -0.4 is 40.2 Å². The number of amides is 3. The fourth-order valence-electron chi connectivity index (χ4n) is 3.26. The summed E-state index contributed by atoms with van der Waals surface area (Å²) in [6.07, 6.45) is 4.73. The molecule has 3 rings (SSSR count). The molecule has 2 unspecified atom stereocenters. The Labute approximate surface area is 202 Å². The van der Waals surface area contributed by atoms with Crippen molar-refractivity contribution in [3.05, 3.63) is 66.1 Å². The van der Waals surface area contributed by atoms with Gasteiger partial charge in [-0.3, -0.25) is 14.4 Å². The number of hydrogen-bond acceptors (Lipinski definition) is 4. The molecule has 3 amide bonds. The molecule has 0 bridgehead atoms. The van der Waals surface area contributed by atoms with Crippen LogP contribution in [0.15, 0.2) is 60.6 Å². The molecule has 0 saturated heterocycles. The van der Waals surface area contributed by atoms with E-state index in [2.05, 4.69) is 10.6 Å². The Kier molecular flexibility index (Phi) is 8.21. The number of carbonyl (C=O) groups excluding carboxylic acids is 3. The number of carboxylic acids is 1. The zero-order valence-corrected chi connectivity index (χ0v) is 19.5. The molecule has 1 aliphatic heterocycles. The first kappa shape index (κ1) is 24.4. The predicted molar refractivity (Wildman–Crippen MR) is 109 cm³/mol. The number of likely N-dealkylation sites (N-methyl/N-ethyl adjacent to an activating group) is 1. The number of ketones is 1. The Morgan fingerprint density at radius 3 is 2.52 bits per heavy atom. The number of urea groups is 1. The van der Waals surface area contributed by atoms with Gasteiger partial charge in [0.2, 0.25) is 0 Å². The second-order valence-corrected chi connectivity index (χ2v) is 7.01. The van der Waals surface area contributed by atoms with Crippen LogP contribution in [-0.4, -0.2) is 51.4 Å². The topological polar surface area (TPSA) is 121 Å². The zero-order valence-electron chi connectivity index (χ0n) is 18.5. The van der Waals surface area contributed by atoms with Gasteiger partial charge in [-0.05, 0) is 36.8 Å². The second kappa shape index (κ2) is 10.4. The van der Waals surface area contributed by atoms with Crippen molar-refractivity contribution in [3.8, 4) is 5.69 Å². The predicted octanol–water partition coefficient (Wildman–Crippen LogP) is -1.28. The van der Waals surface area contributed by atoms with Gasteiger partial charge in [-0.1, -0.05) is 12.1 Å². The van der Waals surface area contributed by atoms with Gasteiger partial charge in [-0.25, -0.2) is 4.79 Å². The van der Waals surface area contributed by atoms with Gasteiger partial charge in [0.1, 0.15) is 0 Å². The van der Waals surface area contributed by atoms with Crippen LogP contribution in [0.4, 0.5) is 4.79 Å². The number of aromatic nitrogens is 1. The summed E-state index contributed by atoms with van der Waals surface area (Å²) in [4.78, 5) is 49.6. The van der Waals surface area contributed by atoms with E-state index < -0.39 is 35.8 Å². The number of Topliss-reactive ketones (excluding diaryl/α,β-unsaturated/α-hetero) is 1. The van der Waals surface area contributed by atoms with Gasteiger partial charge in [0.15, 0.2) is 11.8 Å². The van der Waals surface area contributed by atoms with E-state index >= 15 is 0 Å². The Morgan fingerprint density at radius 1 is 1.19 bits per heavy atom. The molecule has 0 radical (unpaired) electrons. The van der Waals surface area contributed by atoms with E-state index in [4.69, 9.17) is 0 Å². The molecule has 31 heavy (non-hydrogen) atoms. The molecule has 1 aliphatic rings. The van der Waals surface area contributed by atoms with Gasteiger partial charge in [-0.15, -0.1) is 0 Å². The third-order valence-electron chi connectivity index (χ3n) is 4.77. The average Bonchev–Trinajstić information content (AvgIpc) is 3.24. The summed E-state index contributed by atoms with van der Waals surface area (Å²) in [7, 11) is 1.49. The van der Waals surface area contributed by atoms with Crippen LogP contribution in [-0.2, 0) is 14.4 Å². The van der Waals surface area contributed by atoms with E-state index in [0.717, 1.165) is 5.69 Å². The molecule has 1 aromatic heterocycles. The molecule has 0 fully saturated rings. The number of nitrogens with zero attached hydrogens (tertiary/aromatic N) is 2. The molecule has 3 N–H and O–H groups in total. The number of carbonyl (C=O) groups is 4. The zero-order chi connectivity index (χ0) is 21.8. The van der Waals surface area contributed by atoms with Crippen LogP contribution in [0.3, 0.4) is 0 Å². The summed E-state index contributed by atoms with van der Waals surface area (Å²) >= 11 is 0. The Hall–Kier alpha value is -2.88. The van der Waals surface area contributed by atoms with Crippen molar-refractivity contribution in [2.45, 2.75) is 25.4 Å². The van der Waals surface area contributed by atoms with Gasteiger partial charge < -0.3 is 26.6 Å². The van der Waals surface area contributed by atoms with E-state index in [-0.39, 0.29) is 37.4 Å². The standard InChI is InChI=1S/C21H22N4O5.Na.H/c1-13-12-24(2)20(29)18(19(13)28)23-21(30)22-16(11-17(26)27)14-6-5-7-15(10-14)25-8-3-4-9-25;;/h3-10,12,16,18H,11H2,1-2H3,(H,26,27)(H2,22,23,30);;/q;+1;-1. The second-order valence-electron chi connectivity index (χ2n) is 7.01. The van der Waals surface area contributed by atoms with Crippen LogP contribution in [0.25, 0.3) is 5.69 Å². The molecular formula is C21H23N4NaO5. The molecule has 0 spiro atoms. The fraction of sp³-hybridized carbons (Fsp3) is 0.238. The van der Waals surface area contributed by atoms with Crippen molar-refractivity contribution in [3.63, 3.8) is 0 Å². The molecule has 2 atom stereocenters. The molecule has 0 aliphatic carbocycles. The summed E-state index contributed by atoms with van der Waals surface area (Å²) < 4.78 is 1.85.